The fourth-order valence-corrected chi connectivity index (χ4v) is 2.90. The molecule has 1 N–H and O–H groups in total. The number of likely N-dealkylation sites (N-methyl/N-ethyl adjacent to an activating group) is 1. The van der Waals surface area contributed by atoms with Crippen molar-refractivity contribution in [2.45, 2.75) is 26.8 Å². The SMILES string of the molecule is CCN(CC)CCOc1ccccc1CN1CC(C(=O)O)CC1=O. The summed E-state index contributed by atoms with van der Waals surface area (Å²) in [6.45, 7) is 8.31. The molecule has 1 fully saturated rings. The second-order valence-electron chi connectivity index (χ2n) is 6.00. The first kappa shape index (κ1) is 18.3. The molecule has 6 nitrogen and oxygen atoms in total. The van der Waals surface area contributed by atoms with E-state index >= 15 is 0 Å². The molecule has 1 saturated heterocycles. The fourth-order valence-electron chi connectivity index (χ4n) is 2.90. The van der Waals surface area contributed by atoms with Crippen molar-refractivity contribution in [2.75, 3.05) is 32.8 Å². The van der Waals surface area contributed by atoms with Gasteiger partial charge in [-0.15, -0.1) is 0 Å². The zero-order valence-electron chi connectivity index (χ0n) is 14.4. The molecule has 6 heteroatoms. The highest BCUT2D eigenvalue weighted by Crippen LogP contribution is 2.25. The van der Waals surface area contributed by atoms with Crippen LogP contribution in [0.15, 0.2) is 24.3 Å². The summed E-state index contributed by atoms with van der Waals surface area (Å²) in [4.78, 5) is 27.0. The third-order valence-corrected chi connectivity index (χ3v) is 4.46. The number of rotatable bonds is 9. The number of aliphatic carboxylic acids is 1. The summed E-state index contributed by atoms with van der Waals surface area (Å²) in [5.74, 6) is -0.862. The van der Waals surface area contributed by atoms with Crippen LogP contribution in [-0.2, 0) is 16.1 Å². The highest BCUT2D eigenvalue weighted by Gasteiger charge is 2.34. The maximum Gasteiger partial charge on any atom is 0.308 e. The third kappa shape index (κ3) is 4.71. The molecule has 0 aromatic heterocycles. The van der Waals surface area contributed by atoms with Crippen LogP contribution in [0, 0.1) is 5.92 Å². The number of hydrogen-bond donors (Lipinski definition) is 1. The number of ether oxygens (including phenoxy) is 1. The first-order chi connectivity index (χ1) is 11.5. The van der Waals surface area contributed by atoms with E-state index in [1.807, 2.05) is 24.3 Å². The highest BCUT2D eigenvalue weighted by molar-refractivity contribution is 5.86. The monoisotopic (exact) mass is 334 g/mol. The molecule has 0 spiro atoms. The van der Waals surface area contributed by atoms with Gasteiger partial charge in [-0.05, 0) is 19.2 Å². The molecule has 1 atom stereocenters. The average Bonchev–Trinajstić information content (AvgIpc) is 2.94. The quantitative estimate of drug-likeness (QED) is 0.746. The molecule has 0 radical (unpaired) electrons. The van der Waals surface area contributed by atoms with E-state index in [1.54, 1.807) is 4.90 Å². The van der Waals surface area contributed by atoms with Crippen molar-refractivity contribution in [3.05, 3.63) is 29.8 Å². The predicted molar refractivity (Wildman–Crippen MR) is 90.9 cm³/mol. The van der Waals surface area contributed by atoms with Crippen LogP contribution in [0.2, 0.25) is 0 Å². The molecule has 0 aliphatic carbocycles. The Hall–Kier alpha value is -2.08. The van der Waals surface area contributed by atoms with E-state index in [4.69, 9.17) is 9.84 Å². The Morgan fingerprint density at radius 2 is 2.04 bits per heavy atom. The Morgan fingerprint density at radius 1 is 1.33 bits per heavy atom. The molecule has 1 aliphatic heterocycles. The highest BCUT2D eigenvalue weighted by atomic mass is 16.5. The lowest BCUT2D eigenvalue weighted by atomic mass is 10.1. The second-order valence-corrected chi connectivity index (χ2v) is 6.00. The summed E-state index contributed by atoms with van der Waals surface area (Å²) in [5, 5.41) is 9.08. The lowest BCUT2D eigenvalue weighted by Gasteiger charge is -2.21. The van der Waals surface area contributed by atoms with Gasteiger partial charge in [-0.2, -0.15) is 0 Å². The van der Waals surface area contributed by atoms with Crippen molar-refractivity contribution in [3.8, 4) is 5.75 Å². The summed E-state index contributed by atoms with van der Waals surface area (Å²) in [5.41, 5.74) is 0.913. The van der Waals surface area contributed by atoms with Crippen LogP contribution in [-0.4, -0.2) is 59.6 Å². The van der Waals surface area contributed by atoms with Crippen LogP contribution in [0.4, 0.5) is 0 Å². The number of carboxylic acid groups (broad SMARTS) is 1. The van der Waals surface area contributed by atoms with Gasteiger partial charge in [0, 0.05) is 31.6 Å². The summed E-state index contributed by atoms with van der Waals surface area (Å²) in [6.07, 6.45) is 0.0836. The minimum Gasteiger partial charge on any atom is -0.492 e. The van der Waals surface area contributed by atoms with Crippen LogP contribution in [0.5, 0.6) is 5.75 Å². The summed E-state index contributed by atoms with van der Waals surface area (Å²) in [6, 6.07) is 7.63. The van der Waals surface area contributed by atoms with Crippen LogP contribution in [0.3, 0.4) is 0 Å². The van der Waals surface area contributed by atoms with Crippen LogP contribution >= 0.6 is 0 Å². The zero-order chi connectivity index (χ0) is 17.5. The van der Waals surface area contributed by atoms with Crippen LogP contribution < -0.4 is 4.74 Å². The van der Waals surface area contributed by atoms with Gasteiger partial charge in [0.15, 0.2) is 0 Å². The zero-order valence-corrected chi connectivity index (χ0v) is 14.4. The van der Waals surface area contributed by atoms with Crippen molar-refractivity contribution in [3.63, 3.8) is 0 Å². The largest absolute Gasteiger partial charge is 0.492 e. The standard InChI is InChI=1S/C18H26N2O4/c1-3-19(4-2)9-10-24-16-8-6-5-7-14(16)12-20-13-15(18(22)23)11-17(20)21/h5-8,15H,3-4,9-13H2,1-2H3,(H,22,23). The molecule has 1 unspecified atom stereocenters. The maximum absolute atomic E-state index is 12.0. The van der Waals surface area contributed by atoms with Gasteiger partial charge in [-0.1, -0.05) is 32.0 Å². The summed E-state index contributed by atoms with van der Waals surface area (Å²) in [7, 11) is 0. The number of likely N-dealkylation sites (tertiary alicyclic amines) is 1. The second kappa shape index (κ2) is 8.68. The van der Waals surface area contributed by atoms with Gasteiger partial charge in [0.05, 0.1) is 5.92 Å². The molecule has 1 aliphatic rings. The minimum atomic E-state index is -0.908. The van der Waals surface area contributed by atoms with Gasteiger partial charge in [0.1, 0.15) is 12.4 Å². The molecule has 2 rings (SSSR count). The Labute approximate surface area is 143 Å². The molecule has 1 aromatic rings. The van der Waals surface area contributed by atoms with Crippen molar-refractivity contribution in [1.82, 2.24) is 9.80 Å². The number of amides is 1. The number of hydrogen-bond acceptors (Lipinski definition) is 4. The van der Waals surface area contributed by atoms with Crippen molar-refractivity contribution >= 4 is 11.9 Å². The number of carbonyl (C=O) groups is 2. The lowest BCUT2D eigenvalue weighted by molar-refractivity contribution is -0.141. The van der Waals surface area contributed by atoms with E-state index in [1.165, 1.54) is 0 Å². The number of carboxylic acids is 1. The number of benzene rings is 1. The molecule has 0 saturated carbocycles. The van der Waals surface area contributed by atoms with E-state index in [9.17, 15) is 9.59 Å². The first-order valence-corrected chi connectivity index (χ1v) is 8.48. The van der Waals surface area contributed by atoms with E-state index in [2.05, 4.69) is 18.7 Å². The molecular weight excluding hydrogens is 308 g/mol. The topological polar surface area (TPSA) is 70.1 Å². The molecule has 1 aromatic carbocycles. The smallest absolute Gasteiger partial charge is 0.308 e. The molecule has 1 heterocycles. The van der Waals surface area contributed by atoms with E-state index in [-0.39, 0.29) is 18.9 Å². The maximum atomic E-state index is 12.0. The van der Waals surface area contributed by atoms with Gasteiger partial charge in [-0.3, -0.25) is 9.59 Å². The summed E-state index contributed by atoms with van der Waals surface area (Å²) < 4.78 is 5.90. The molecule has 132 valence electrons. The molecule has 24 heavy (non-hydrogen) atoms. The molecule has 0 bridgehead atoms. The van der Waals surface area contributed by atoms with Gasteiger partial charge in [0.2, 0.25) is 5.91 Å². The van der Waals surface area contributed by atoms with Crippen molar-refractivity contribution in [1.29, 1.82) is 0 Å². The number of carbonyl (C=O) groups excluding carboxylic acids is 1. The number of para-hydroxylation sites is 1. The van der Waals surface area contributed by atoms with E-state index in [0.29, 0.717) is 13.2 Å². The van der Waals surface area contributed by atoms with Gasteiger partial charge in [0.25, 0.3) is 0 Å². The van der Waals surface area contributed by atoms with Gasteiger partial charge >= 0.3 is 5.97 Å². The third-order valence-electron chi connectivity index (χ3n) is 4.46. The van der Waals surface area contributed by atoms with E-state index in [0.717, 1.165) is 30.9 Å². The Balaban J connectivity index is 1.96. The van der Waals surface area contributed by atoms with Crippen molar-refractivity contribution < 1.29 is 19.4 Å². The number of nitrogens with zero attached hydrogens (tertiary/aromatic N) is 2. The molecular formula is C18H26N2O4. The van der Waals surface area contributed by atoms with Crippen molar-refractivity contribution in [2.24, 2.45) is 5.92 Å². The molecule has 1 amide bonds. The van der Waals surface area contributed by atoms with Gasteiger partial charge < -0.3 is 19.6 Å². The fraction of sp³-hybridized carbons (Fsp3) is 0.556. The lowest BCUT2D eigenvalue weighted by Crippen LogP contribution is -2.28. The Bertz CT molecular complexity index is 572. The van der Waals surface area contributed by atoms with Gasteiger partial charge in [-0.25, -0.2) is 0 Å². The van der Waals surface area contributed by atoms with E-state index < -0.39 is 11.9 Å². The predicted octanol–water partition coefficient (Wildman–Crippen LogP) is 1.84. The first-order valence-electron chi connectivity index (χ1n) is 8.48. The minimum absolute atomic E-state index is 0.0836. The van der Waals surface area contributed by atoms with Crippen LogP contribution in [0.1, 0.15) is 25.8 Å². The average molecular weight is 334 g/mol. The Morgan fingerprint density at radius 3 is 2.67 bits per heavy atom. The Kier molecular flexibility index (Phi) is 6.61. The van der Waals surface area contributed by atoms with Crippen LogP contribution in [0.25, 0.3) is 0 Å². The summed E-state index contributed by atoms with van der Waals surface area (Å²) >= 11 is 0. The normalized spacial score (nSPS) is 17.5.